The van der Waals surface area contributed by atoms with Crippen molar-refractivity contribution < 1.29 is 4.79 Å². The van der Waals surface area contributed by atoms with Gasteiger partial charge in [0.2, 0.25) is 5.91 Å². The van der Waals surface area contributed by atoms with Gasteiger partial charge >= 0.3 is 0 Å². The molecule has 1 saturated carbocycles. The lowest BCUT2D eigenvalue weighted by atomic mass is 10.2. The van der Waals surface area contributed by atoms with Crippen LogP contribution < -0.4 is 11.1 Å². The molecule has 0 radical (unpaired) electrons. The van der Waals surface area contributed by atoms with Crippen LogP contribution in [0.5, 0.6) is 0 Å². The fourth-order valence-electron chi connectivity index (χ4n) is 1.55. The van der Waals surface area contributed by atoms with Gasteiger partial charge in [0.25, 0.3) is 0 Å². The Morgan fingerprint density at radius 1 is 1.44 bits per heavy atom. The lowest BCUT2D eigenvalue weighted by Gasteiger charge is -2.14. The number of carbonyl (C=O) groups excluding carboxylic acids is 1. The third kappa shape index (κ3) is 4.19. The van der Waals surface area contributed by atoms with E-state index in [9.17, 15) is 4.79 Å². The summed E-state index contributed by atoms with van der Waals surface area (Å²) >= 11 is 1.76. The van der Waals surface area contributed by atoms with Gasteiger partial charge < -0.3 is 11.1 Å². The maximum Gasteiger partial charge on any atom is 0.240 e. The fraction of sp³-hybridized carbons (Fsp3) is 0.462. The summed E-state index contributed by atoms with van der Waals surface area (Å²) in [6.07, 6.45) is 1.64. The standard InChI is InChI=1S/C13H18N2OS.ClH/c1-10(17-11-5-3-2-4-6-11)9-15-12(16)13(14)7-8-13;/h2-6,10H,7-9,14H2,1H3,(H,15,16);1H. The van der Waals surface area contributed by atoms with E-state index in [-0.39, 0.29) is 18.3 Å². The molecule has 2 rings (SSSR count). The van der Waals surface area contributed by atoms with Gasteiger partial charge in [0, 0.05) is 16.7 Å². The van der Waals surface area contributed by atoms with E-state index in [2.05, 4.69) is 24.4 Å². The quantitative estimate of drug-likeness (QED) is 0.816. The molecule has 0 aromatic heterocycles. The highest BCUT2D eigenvalue weighted by atomic mass is 35.5. The summed E-state index contributed by atoms with van der Waals surface area (Å²) in [4.78, 5) is 12.9. The van der Waals surface area contributed by atoms with Crippen molar-refractivity contribution in [1.29, 1.82) is 0 Å². The van der Waals surface area contributed by atoms with Crippen LogP contribution >= 0.6 is 24.2 Å². The molecule has 1 aliphatic rings. The molecule has 18 heavy (non-hydrogen) atoms. The number of halogens is 1. The first-order chi connectivity index (χ1) is 8.10. The van der Waals surface area contributed by atoms with E-state index < -0.39 is 5.54 Å². The average molecular weight is 287 g/mol. The molecule has 0 aliphatic heterocycles. The van der Waals surface area contributed by atoms with Gasteiger partial charge in [-0.2, -0.15) is 0 Å². The summed E-state index contributed by atoms with van der Waals surface area (Å²) < 4.78 is 0. The minimum Gasteiger partial charge on any atom is -0.353 e. The second-order valence-electron chi connectivity index (χ2n) is 4.61. The first kappa shape index (κ1) is 15.3. The summed E-state index contributed by atoms with van der Waals surface area (Å²) in [7, 11) is 0. The number of thioether (sulfide) groups is 1. The summed E-state index contributed by atoms with van der Waals surface area (Å²) in [6.45, 7) is 2.77. The third-order valence-corrected chi connectivity index (χ3v) is 3.98. The van der Waals surface area contributed by atoms with E-state index in [0.717, 1.165) is 12.8 Å². The molecule has 0 heterocycles. The van der Waals surface area contributed by atoms with Crippen LogP contribution in [0.1, 0.15) is 19.8 Å². The van der Waals surface area contributed by atoms with Crippen LogP contribution in [-0.4, -0.2) is 23.2 Å². The molecule has 1 aliphatic carbocycles. The Labute approximate surface area is 118 Å². The van der Waals surface area contributed by atoms with Crippen molar-refractivity contribution in [2.24, 2.45) is 5.73 Å². The maximum atomic E-state index is 11.6. The maximum absolute atomic E-state index is 11.6. The monoisotopic (exact) mass is 286 g/mol. The van der Waals surface area contributed by atoms with Gasteiger partial charge in [0.15, 0.2) is 0 Å². The molecule has 1 fully saturated rings. The molecule has 1 aromatic rings. The first-order valence-electron chi connectivity index (χ1n) is 5.89. The number of hydrogen-bond donors (Lipinski definition) is 2. The molecule has 0 saturated heterocycles. The van der Waals surface area contributed by atoms with E-state index in [0.29, 0.717) is 11.8 Å². The molecule has 3 nitrogen and oxygen atoms in total. The summed E-state index contributed by atoms with van der Waals surface area (Å²) in [5.74, 6) is -0.00184. The van der Waals surface area contributed by atoms with Crippen LogP contribution in [0.2, 0.25) is 0 Å². The number of rotatable bonds is 5. The van der Waals surface area contributed by atoms with Gasteiger partial charge in [-0.05, 0) is 25.0 Å². The lowest BCUT2D eigenvalue weighted by molar-refractivity contribution is -0.123. The molecule has 100 valence electrons. The van der Waals surface area contributed by atoms with Gasteiger partial charge in [0.05, 0.1) is 5.54 Å². The van der Waals surface area contributed by atoms with Crippen LogP contribution in [0.25, 0.3) is 0 Å². The van der Waals surface area contributed by atoms with Crippen molar-refractivity contribution in [3.63, 3.8) is 0 Å². The Hall–Kier alpha value is -0.710. The second kappa shape index (κ2) is 6.45. The Morgan fingerprint density at radius 3 is 2.61 bits per heavy atom. The van der Waals surface area contributed by atoms with E-state index in [4.69, 9.17) is 5.73 Å². The minimum absolute atomic E-state index is 0. The van der Waals surface area contributed by atoms with E-state index in [1.165, 1.54) is 4.90 Å². The van der Waals surface area contributed by atoms with Crippen LogP contribution in [-0.2, 0) is 4.79 Å². The first-order valence-corrected chi connectivity index (χ1v) is 6.77. The molecule has 3 N–H and O–H groups in total. The van der Waals surface area contributed by atoms with E-state index >= 15 is 0 Å². The third-order valence-electron chi connectivity index (χ3n) is 2.87. The Morgan fingerprint density at radius 2 is 2.06 bits per heavy atom. The van der Waals surface area contributed by atoms with Crippen LogP contribution in [0.4, 0.5) is 0 Å². The molecule has 1 amide bonds. The lowest BCUT2D eigenvalue weighted by Crippen LogP contribution is -2.44. The number of hydrogen-bond acceptors (Lipinski definition) is 3. The minimum atomic E-state index is -0.558. The largest absolute Gasteiger partial charge is 0.353 e. The Kier molecular flexibility index (Phi) is 5.50. The molecular formula is C13H19ClN2OS. The van der Waals surface area contributed by atoms with Gasteiger partial charge in [-0.3, -0.25) is 4.79 Å². The normalized spacial score (nSPS) is 17.4. The zero-order valence-electron chi connectivity index (χ0n) is 10.4. The number of carbonyl (C=O) groups is 1. The SMILES string of the molecule is CC(CNC(=O)C1(N)CC1)Sc1ccccc1.Cl. The summed E-state index contributed by atoms with van der Waals surface area (Å²) in [6, 6.07) is 10.2. The highest BCUT2D eigenvalue weighted by molar-refractivity contribution is 8.00. The predicted octanol–water partition coefficient (Wildman–Crippen LogP) is 2.20. The Bertz CT molecular complexity index is 395. The zero-order valence-corrected chi connectivity index (χ0v) is 12.0. The van der Waals surface area contributed by atoms with Crippen molar-refractivity contribution in [3.05, 3.63) is 30.3 Å². The molecule has 1 unspecified atom stereocenters. The molecule has 5 heteroatoms. The van der Waals surface area contributed by atoms with Gasteiger partial charge in [-0.1, -0.05) is 25.1 Å². The second-order valence-corrected chi connectivity index (χ2v) is 6.12. The molecule has 1 aromatic carbocycles. The predicted molar refractivity (Wildman–Crippen MR) is 78.2 cm³/mol. The van der Waals surface area contributed by atoms with Crippen LogP contribution in [0, 0.1) is 0 Å². The van der Waals surface area contributed by atoms with E-state index in [1.54, 1.807) is 11.8 Å². The van der Waals surface area contributed by atoms with Crippen LogP contribution in [0.15, 0.2) is 35.2 Å². The number of nitrogens with two attached hydrogens (primary N) is 1. The van der Waals surface area contributed by atoms with Crippen molar-refractivity contribution in [2.45, 2.75) is 35.4 Å². The van der Waals surface area contributed by atoms with E-state index in [1.807, 2.05) is 18.2 Å². The number of benzene rings is 1. The topological polar surface area (TPSA) is 55.1 Å². The van der Waals surface area contributed by atoms with Crippen molar-refractivity contribution in [1.82, 2.24) is 5.32 Å². The highest BCUT2D eigenvalue weighted by Gasteiger charge is 2.45. The molecule has 1 atom stereocenters. The van der Waals surface area contributed by atoms with Gasteiger partial charge in [-0.15, -0.1) is 24.2 Å². The smallest absolute Gasteiger partial charge is 0.240 e. The number of nitrogens with one attached hydrogen (secondary N) is 1. The van der Waals surface area contributed by atoms with Crippen LogP contribution in [0.3, 0.4) is 0 Å². The number of amides is 1. The summed E-state index contributed by atoms with van der Waals surface area (Å²) in [5.41, 5.74) is 5.25. The Balaban J connectivity index is 0.00000162. The molecular weight excluding hydrogens is 268 g/mol. The van der Waals surface area contributed by atoms with Crippen molar-refractivity contribution >= 4 is 30.1 Å². The van der Waals surface area contributed by atoms with Crippen molar-refractivity contribution in [3.8, 4) is 0 Å². The molecule has 0 bridgehead atoms. The van der Waals surface area contributed by atoms with Gasteiger partial charge in [-0.25, -0.2) is 0 Å². The van der Waals surface area contributed by atoms with Gasteiger partial charge in [0.1, 0.15) is 0 Å². The highest BCUT2D eigenvalue weighted by Crippen LogP contribution is 2.32. The molecule has 0 spiro atoms. The zero-order chi connectivity index (χ0) is 12.3. The van der Waals surface area contributed by atoms with Crippen molar-refractivity contribution in [2.75, 3.05) is 6.54 Å². The average Bonchev–Trinajstić information content (AvgIpc) is 3.07. The summed E-state index contributed by atoms with van der Waals surface area (Å²) in [5, 5.41) is 3.27. The fourth-order valence-corrected chi connectivity index (χ4v) is 2.49.